The van der Waals surface area contributed by atoms with Gasteiger partial charge in [-0.25, -0.2) is 0 Å². The minimum atomic E-state index is -0.679. The first-order chi connectivity index (χ1) is 9.13. The Bertz CT molecular complexity index is 737. The molecule has 0 amide bonds. The van der Waals surface area contributed by atoms with Gasteiger partial charge in [0.1, 0.15) is 18.4 Å². The lowest BCUT2D eigenvalue weighted by Crippen LogP contribution is -2.33. The zero-order valence-electron chi connectivity index (χ0n) is 9.70. The van der Waals surface area contributed by atoms with Crippen LogP contribution in [0.3, 0.4) is 0 Å². The highest BCUT2D eigenvalue weighted by atomic mass is 35.5. The number of hydrogen-bond acceptors (Lipinski definition) is 4. The molecule has 2 heterocycles. The molecule has 0 radical (unpaired) electrons. The molecule has 0 bridgehead atoms. The van der Waals surface area contributed by atoms with Gasteiger partial charge in [-0.2, -0.15) is 0 Å². The second-order valence-corrected chi connectivity index (χ2v) is 4.61. The van der Waals surface area contributed by atoms with Crippen molar-refractivity contribution in [1.82, 2.24) is 9.97 Å². The van der Waals surface area contributed by atoms with Crippen LogP contribution in [0.2, 0.25) is 5.02 Å². The lowest BCUT2D eigenvalue weighted by Gasteiger charge is -2.27. The van der Waals surface area contributed by atoms with Crippen LogP contribution in [0.4, 0.5) is 5.69 Å². The minimum Gasteiger partial charge on any atom is -0.489 e. The summed E-state index contributed by atoms with van der Waals surface area (Å²) in [5.41, 5.74) is -0.00763. The lowest BCUT2D eigenvalue weighted by atomic mass is 10.1. The van der Waals surface area contributed by atoms with Crippen molar-refractivity contribution in [3.05, 3.63) is 55.8 Å². The molecular formula is C12H10ClN3O3. The van der Waals surface area contributed by atoms with Gasteiger partial charge in [-0.15, -0.1) is 0 Å². The number of aromatic amines is 2. The molecule has 1 aromatic carbocycles. The van der Waals surface area contributed by atoms with E-state index >= 15 is 0 Å². The maximum Gasteiger partial charge on any atom is 0.313 e. The van der Waals surface area contributed by atoms with Crippen LogP contribution in [-0.4, -0.2) is 16.6 Å². The Hall–Kier alpha value is -2.21. The molecule has 0 fully saturated rings. The summed E-state index contributed by atoms with van der Waals surface area (Å²) in [5, 5.41) is 3.81. The summed E-state index contributed by atoms with van der Waals surface area (Å²) in [6.07, 6.45) is 1.46. The van der Waals surface area contributed by atoms with E-state index in [4.69, 9.17) is 16.3 Å². The van der Waals surface area contributed by atoms with Gasteiger partial charge in [0.25, 0.3) is 0 Å². The van der Waals surface area contributed by atoms with E-state index in [1.54, 1.807) is 18.2 Å². The fourth-order valence-corrected chi connectivity index (χ4v) is 2.09. The van der Waals surface area contributed by atoms with Crippen LogP contribution in [0, 0.1) is 0 Å². The number of aromatic nitrogens is 2. The Morgan fingerprint density at radius 2 is 2.11 bits per heavy atom. The smallest absolute Gasteiger partial charge is 0.313 e. The van der Waals surface area contributed by atoms with E-state index in [1.807, 2.05) is 0 Å². The van der Waals surface area contributed by atoms with E-state index in [-0.39, 0.29) is 6.04 Å². The average Bonchev–Trinajstić information content (AvgIpc) is 2.41. The molecule has 3 N–H and O–H groups in total. The highest BCUT2D eigenvalue weighted by Gasteiger charge is 2.21. The van der Waals surface area contributed by atoms with Gasteiger partial charge in [0, 0.05) is 17.3 Å². The van der Waals surface area contributed by atoms with Crippen molar-refractivity contribution in [2.45, 2.75) is 6.04 Å². The molecule has 3 rings (SSSR count). The van der Waals surface area contributed by atoms with Gasteiger partial charge in [0.2, 0.25) is 0 Å². The maximum absolute atomic E-state index is 11.3. The molecule has 2 aromatic rings. The van der Waals surface area contributed by atoms with Crippen molar-refractivity contribution in [2.24, 2.45) is 0 Å². The van der Waals surface area contributed by atoms with E-state index in [1.165, 1.54) is 6.20 Å². The molecule has 1 aromatic heterocycles. The quantitative estimate of drug-likeness (QED) is 0.686. The van der Waals surface area contributed by atoms with Gasteiger partial charge in [-0.05, 0) is 12.1 Å². The molecule has 98 valence electrons. The summed E-state index contributed by atoms with van der Waals surface area (Å²) in [4.78, 5) is 27.2. The molecular weight excluding hydrogens is 270 g/mol. The minimum absolute atomic E-state index is 0.238. The second kappa shape index (κ2) is 4.47. The van der Waals surface area contributed by atoms with Gasteiger partial charge in [-0.3, -0.25) is 9.59 Å². The SMILES string of the molecule is O=c1[nH]cc(C2COc3cc(Cl)ccc3N2)[nH]c1=O. The summed E-state index contributed by atoms with van der Waals surface area (Å²) in [7, 11) is 0. The molecule has 1 aliphatic rings. The van der Waals surface area contributed by atoms with Crippen molar-refractivity contribution >= 4 is 17.3 Å². The van der Waals surface area contributed by atoms with E-state index in [0.29, 0.717) is 23.1 Å². The number of hydrogen-bond donors (Lipinski definition) is 3. The van der Waals surface area contributed by atoms with Crippen molar-refractivity contribution in [2.75, 3.05) is 11.9 Å². The van der Waals surface area contributed by atoms with Gasteiger partial charge in [0.05, 0.1) is 11.4 Å². The van der Waals surface area contributed by atoms with Crippen LogP contribution in [0.25, 0.3) is 0 Å². The van der Waals surface area contributed by atoms with Crippen LogP contribution in [0.5, 0.6) is 5.75 Å². The monoisotopic (exact) mass is 279 g/mol. The summed E-state index contributed by atoms with van der Waals surface area (Å²) in [6, 6.07) is 5.02. The lowest BCUT2D eigenvalue weighted by molar-refractivity contribution is 0.284. The van der Waals surface area contributed by atoms with E-state index in [2.05, 4.69) is 15.3 Å². The van der Waals surface area contributed by atoms with Crippen molar-refractivity contribution < 1.29 is 4.74 Å². The van der Waals surface area contributed by atoms with Gasteiger partial charge < -0.3 is 20.0 Å². The summed E-state index contributed by atoms with van der Waals surface area (Å²) in [6.45, 7) is 0.329. The molecule has 6 nitrogen and oxygen atoms in total. The van der Waals surface area contributed by atoms with E-state index in [0.717, 1.165) is 5.69 Å². The zero-order valence-corrected chi connectivity index (χ0v) is 10.5. The number of anilines is 1. The largest absolute Gasteiger partial charge is 0.489 e. The van der Waals surface area contributed by atoms with Gasteiger partial charge in [0.15, 0.2) is 0 Å². The normalized spacial score (nSPS) is 17.2. The van der Waals surface area contributed by atoms with Gasteiger partial charge in [-0.1, -0.05) is 11.6 Å². The van der Waals surface area contributed by atoms with E-state index in [9.17, 15) is 9.59 Å². The van der Waals surface area contributed by atoms with Crippen LogP contribution < -0.4 is 21.2 Å². The van der Waals surface area contributed by atoms with Crippen LogP contribution >= 0.6 is 11.6 Å². The predicted octanol–water partition coefficient (Wildman–Crippen LogP) is 1.26. The van der Waals surface area contributed by atoms with Gasteiger partial charge >= 0.3 is 11.1 Å². The summed E-state index contributed by atoms with van der Waals surface area (Å²) < 4.78 is 5.58. The molecule has 0 saturated carbocycles. The Labute approximate surface area is 112 Å². The Morgan fingerprint density at radius 1 is 1.26 bits per heavy atom. The fourth-order valence-electron chi connectivity index (χ4n) is 1.93. The summed E-state index contributed by atoms with van der Waals surface area (Å²) >= 11 is 5.87. The van der Waals surface area contributed by atoms with Crippen molar-refractivity contribution in [1.29, 1.82) is 0 Å². The average molecular weight is 280 g/mol. The third-order valence-corrected chi connectivity index (χ3v) is 3.11. The Morgan fingerprint density at radius 3 is 2.89 bits per heavy atom. The highest BCUT2D eigenvalue weighted by Crippen LogP contribution is 2.34. The number of nitrogens with one attached hydrogen (secondary N) is 3. The predicted molar refractivity (Wildman–Crippen MR) is 71.0 cm³/mol. The van der Waals surface area contributed by atoms with Crippen LogP contribution in [0.15, 0.2) is 34.0 Å². The highest BCUT2D eigenvalue weighted by molar-refractivity contribution is 6.30. The van der Waals surface area contributed by atoms with E-state index < -0.39 is 11.1 Å². The third-order valence-electron chi connectivity index (χ3n) is 2.88. The third kappa shape index (κ3) is 2.22. The second-order valence-electron chi connectivity index (χ2n) is 4.18. The zero-order chi connectivity index (χ0) is 13.4. The molecule has 19 heavy (non-hydrogen) atoms. The van der Waals surface area contributed by atoms with Crippen LogP contribution in [-0.2, 0) is 0 Å². The number of H-pyrrole nitrogens is 2. The number of rotatable bonds is 1. The van der Waals surface area contributed by atoms with Crippen molar-refractivity contribution in [3.8, 4) is 5.75 Å². The number of benzene rings is 1. The maximum atomic E-state index is 11.3. The number of halogens is 1. The number of fused-ring (bicyclic) bond motifs is 1. The first-order valence-electron chi connectivity index (χ1n) is 5.64. The Kier molecular flexibility index (Phi) is 2.79. The topological polar surface area (TPSA) is 87.0 Å². The molecule has 0 spiro atoms. The standard InChI is InChI=1S/C12H10ClN3O3/c13-6-1-2-7-10(3-6)19-5-9(15-7)8-4-14-11(17)12(18)16-8/h1-4,9,15H,5H2,(H,14,17)(H,16,18). The molecule has 1 unspecified atom stereocenters. The molecule has 0 saturated heterocycles. The first kappa shape index (κ1) is 11.9. The molecule has 0 aliphatic carbocycles. The summed E-state index contributed by atoms with van der Waals surface area (Å²) in [5.74, 6) is 0.663. The van der Waals surface area contributed by atoms with Crippen LogP contribution in [0.1, 0.15) is 11.7 Å². The Balaban J connectivity index is 1.93. The molecule has 7 heteroatoms. The number of ether oxygens (including phenoxy) is 1. The molecule has 1 atom stereocenters. The first-order valence-corrected chi connectivity index (χ1v) is 6.02. The molecule has 1 aliphatic heterocycles. The van der Waals surface area contributed by atoms with Crippen molar-refractivity contribution in [3.63, 3.8) is 0 Å². The fraction of sp³-hybridized carbons (Fsp3) is 0.167.